The van der Waals surface area contributed by atoms with Gasteiger partial charge in [0.25, 0.3) is 0 Å². The highest BCUT2D eigenvalue weighted by Crippen LogP contribution is 2.14. The first-order valence-electron chi connectivity index (χ1n) is 5.01. The van der Waals surface area contributed by atoms with Gasteiger partial charge in [0.1, 0.15) is 5.75 Å². The second-order valence-corrected chi connectivity index (χ2v) is 3.93. The molecule has 3 heteroatoms. The summed E-state index contributed by atoms with van der Waals surface area (Å²) in [6.45, 7) is 0. The summed E-state index contributed by atoms with van der Waals surface area (Å²) in [4.78, 5) is 4.25. The van der Waals surface area contributed by atoms with Crippen LogP contribution in [0.5, 0.6) is 5.75 Å². The number of nitrogens with zero attached hydrogens (tertiary/aromatic N) is 1. The first kappa shape index (κ1) is 11.0. The van der Waals surface area contributed by atoms with E-state index in [1.54, 1.807) is 13.3 Å². The maximum Gasteiger partial charge on any atom is 0.118 e. The molecule has 0 bridgehead atoms. The summed E-state index contributed by atoms with van der Waals surface area (Å²) in [7, 11) is 1.66. The van der Waals surface area contributed by atoms with Gasteiger partial charge >= 0.3 is 0 Å². The standard InChI is InChI=1S/C13H12ClNO/c1-16-13-6-2-10(3-7-13)8-12-5-4-11(14)9-15-12/h2-7,9H,8H2,1H3. The van der Waals surface area contributed by atoms with Crippen molar-refractivity contribution in [3.63, 3.8) is 0 Å². The maximum atomic E-state index is 5.78. The van der Waals surface area contributed by atoms with Crippen molar-refractivity contribution in [3.05, 3.63) is 58.9 Å². The molecule has 2 aromatic rings. The third-order valence-corrected chi connectivity index (χ3v) is 2.56. The van der Waals surface area contributed by atoms with Gasteiger partial charge in [0.2, 0.25) is 0 Å². The molecule has 0 aliphatic carbocycles. The average molecular weight is 234 g/mol. The van der Waals surface area contributed by atoms with Crippen LogP contribution in [-0.2, 0) is 6.42 Å². The molecule has 82 valence electrons. The van der Waals surface area contributed by atoms with E-state index in [0.29, 0.717) is 5.02 Å². The van der Waals surface area contributed by atoms with Crippen molar-refractivity contribution < 1.29 is 4.74 Å². The molecule has 2 rings (SSSR count). The summed E-state index contributed by atoms with van der Waals surface area (Å²) < 4.78 is 5.10. The minimum atomic E-state index is 0.665. The lowest BCUT2D eigenvalue weighted by Gasteiger charge is -2.03. The summed E-state index contributed by atoms with van der Waals surface area (Å²) >= 11 is 5.78. The smallest absolute Gasteiger partial charge is 0.118 e. The Bertz CT molecular complexity index is 450. The lowest BCUT2D eigenvalue weighted by atomic mass is 10.1. The third-order valence-electron chi connectivity index (χ3n) is 2.33. The molecular formula is C13H12ClNO. The van der Waals surface area contributed by atoms with Crippen molar-refractivity contribution in [2.75, 3.05) is 7.11 Å². The van der Waals surface area contributed by atoms with Crippen LogP contribution in [0.25, 0.3) is 0 Å². The number of rotatable bonds is 3. The van der Waals surface area contributed by atoms with Crippen LogP contribution in [0.1, 0.15) is 11.3 Å². The van der Waals surface area contributed by atoms with E-state index in [0.717, 1.165) is 17.9 Å². The predicted molar refractivity (Wildman–Crippen MR) is 65.0 cm³/mol. The van der Waals surface area contributed by atoms with Gasteiger partial charge in [-0.15, -0.1) is 0 Å². The largest absolute Gasteiger partial charge is 0.497 e. The van der Waals surface area contributed by atoms with Crippen LogP contribution in [0.4, 0.5) is 0 Å². The number of methoxy groups -OCH3 is 1. The molecule has 1 aromatic carbocycles. The van der Waals surface area contributed by atoms with Crippen LogP contribution >= 0.6 is 11.6 Å². The van der Waals surface area contributed by atoms with Gasteiger partial charge in [0, 0.05) is 18.3 Å². The zero-order valence-corrected chi connectivity index (χ0v) is 9.74. The van der Waals surface area contributed by atoms with Crippen molar-refractivity contribution >= 4 is 11.6 Å². The fraction of sp³-hybridized carbons (Fsp3) is 0.154. The van der Waals surface area contributed by atoms with Gasteiger partial charge in [-0.05, 0) is 29.8 Å². The van der Waals surface area contributed by atoms with Gasteiger partial charge in [-0.2, -0.15) is 0 Å². The third kappa shape index (κ3) is 2.74. The molecule has 0 unspecified atom stereocenters. The Morgan fingerprint density at radius 3 is 2.44 bits per heavy atom. The molecular weight excluding hydrogens is 222 g/mol. The summed E-state index contributed by atoms with van der Waals surface area (Å²) in [5.41, 5.74) is 2.21. The highest BCUT2D eigenvalue weighted by atomic mass is 35.5. The van der Waals surface area contributed by atoms with Gasteiger partial charge in [-0.1, -0.05) is 23.7 Å². The number of aromatic nitrogens is 1. The molecule has 16 heavy (non-hydrogen) atoms. The molecule has 0 aliphatic rings. The molecule has 0 radical (unpaired) electrons. The minimum absolute atomic E-state index is 0.665. The lowest BCUT2D eigenvalue weighted by molar-refractivity contribution is 0.414. The van der Waals surface area contributed by atoms with E-state index in [-0.39, 0.29) is 0 Å². The summed E-state index contributed by atoms with van der Waals surface area (Å²) in [5, 5.41) is 0.665. The molecule has 0 saturated carbocycles. The van der Waals surface area contributed by atoms with Crippen molar-refractivity contribution in [1.82, 2.24) is 4.98 Å². The van der Waals surface area contributed by atoms with Gasteiger partial charge in [0.05, 0.1) is 12.1 Å². The first-order chi connectivity index (χ1) is 7.78. The zero-order valence-electron chi connectivity index (χ0n) is 8.98. The number of ether oxygens (including phenoxy) is 1. The van der Waals surface area contributed by atoms with Gasteiger partial charge in [-0.25, -0.2) is 0 Å². The van der Waals surface area contributed by atoms with Gasteiger partial charge in [-0.3, -0.25) is 4.98 Å². The molecule has 0 amide bonds. The van der Waals surface area contributed by atoms with Gasteiger partial charge < -0.3 is 4.74 Å². The number of hydrogen-bond acceptors (Lipinski definition) is 2. The molecule has 0 N–H and O–H groups in total. The fourth-order valence-corrected chi connectivity index (χ4v) is 1.58. The Hall–Kier alpha value is -1.54. The molecule has 0 saturated heterocycles. The summed E-state index contributed by atoms with van der Waals surface area (Å²) in [5.74, 6) is 0.868. The van der Waals surface area contributed by atoms with Crippen LogP contribution in [0.15, 0.2) is 42.6 Å². The SMILES string of the molecule is COc1ccc(Cc2ccc(Cl)cn2)cc1. The second-order valence-electron chi connectivity index (χ2n) is 3.49. The fourth-order valence-electron chi connectivity index (χ4n) is 1.46. The van der Waals surface area contributed by atoms with Crippen LogP contribution in [0.3, 0.4) is 0 Å². The second kappa shape index (κ2) is 4.99. The number of halogens is 1. The molecule has 1 aromatic heterocycles. The van der Waals surface area contributed by atoms with E-state index in [9.17, 15) is 0 Å². The van der Waals surface area contributed by atoms with Crippen molar-refractivity contribution in [2.24, 2.45) is 0 Å². The van der Waals surface area contributed by atoms with E-state index < -0.39 is 0 Å². The number of pyridine rings is 1. The van der Waals surface area contributed by atoms with Crippen LogP contribution in [0.2, 0.25) is 5.02 Å². The van der Waals surface area contributed by atoms with E-state index in [1.807, 2.05) is 36.4 Å². The molecule has 2 nitrogen and oxygen atoms in total. The normalized spacial score (nSPS) is 10.1. The molecule has 0 atom stereocenters. The Kier molecular flexibility index (Phi) is 3.42. The number of benzene rings is 1. The van der Waals surface area contributed by atoms with E-state index in [2.05, 4.69) is 4.98 Å². The summed E-state index contributed by atoms with van der Waals surface area (Å²) in [6.07, 6.45) is 2.47. The maximum absolute atomic E-state index is 5.78. The summed E-state index contributed by atoms with van der Waals surface area (Å²) in [6, 6.07) is 11.8. The van der Waals surface area contributed by atoms with Crippen molar-refractivity contribution in [3.8, 4) is 5.75 Å². The van der Waals surface area contributed by atoms with Crippen LogP contribution in [0, 0.1) is 0 Å². The highest BCUT2D eigenvalue weighted by molar-refractivity contribution is 6.30. The van der Waals surface area contributed by atoms with Crippen molar-refractivity contribution in [1.29, 1.82) is 0 Å². The molecule has 0 aliphatic heterocycles. The Balaban J connectivity index is 2.11. The Morgan fingerprint density at radius 1 is 1.12 bits per heavy atom. The first-order valence-corrected chi connectivity index (χ1v) is 5.39. The topological polar surface area (TPSA) is 22.1 Å². The van der Waals surface area contributed by atoms with E-state index in [4.69, 9.17) is 16.3 Å². The highest BCUT2D eigenvalue weighted by Gasteiger charge is 1.98. The quantitative estimate of drug-likeness (QED) is 0.811. The average Bonchev–Trinajstić information content (AvgIpc) is 2.33. The molecule has 1 heterocycles. The van der Waals surface area contributed by atoms with E-state index >= 15 is 0 Å². The van der Waals surface area contributed by atoms with Crippen LogP contribution < -0.4 is 4.74 Å². The predicted octanol–water partition coefficient (Wildman–Crippen LogP) is 3.33. The number of hydrogen-bond donors (Lipinski definition) is 0. The van der Waals surface area contributed by atoms with Crippen molar-refractivity contribution in [2.45, 2.75) is 6.42 Å². The lowest BCUT2D eigenvalue weighted by Crippen LogP contribution is -1.91. The molecule has 0 spiro atoms. The monoisotopic (exact) mass is 233 g/mol. The molecule has 0 fully saturated rings. The minimum Gasteiger partial charge on any atom is -0.497 e. The Labute approximate surface area is 99.9 Å². The zero-order chi connectivity index (χ0) is 11.4. The van der Waals surface area contributed by atoms with Gasteiger partial charge in [0.15, 0.2) is 0 Å². The Morgan fingerprint density at radius 2 is 1.88 bits per heavy atom. The van der Waals surface area contributed by atoms with Crippen LogP contribution in [-0.4, -0.2) is 12.1 Å². The van der Waals surface area contributed by atoms with E-state index in [1.165, 1.54) is 5.56 Å².